The number of rotatable bonds is 1. The van der Waals surface area contributed by atoms with Gasteiger partial charge in [0.2, 0.25) is 5.91 Å². The fourth-order valence-electron chi connectivity index (χ4n) is 4.51. The van der Waals surface area contributed by atoms with E-state index in [1.165, 1.54) is 17.1 Å². The van der Waals surface area contributed by atoms with Crippen molar-refractivity contribution in [2.75, 3.05) is 4.90 Å². The van der Waals surface area contributed by atoms with Crippen molar-refractivity contribution in [1.29, 1.82) is 0 Å². The van der Waals surface area contributed by atoms with Gasteiger partial charge in [0.15, 0.2) is 11.5 Å². The molecule has 4 bridgehead atoms. The second-order valence-electron chi connectivity index (χ2n) is 8.61. The lowest BCUT2D eigenvalue weighted by atomic mass is 10.0. The van der Waals surface area contributed by atoms with Gasteiger partial charge < -0.3 is 4.98 Å². The number of fused-ring (bicyclic) bond motifs is 6. The number of anilines is 1. The van der Waals surface area contributed by atoms with Gasteiger partial charge in [-0.15, -0.1) is 0 Å². The summed E-state index contributed by atoms with van der Waals surface area (Å²) in [6, 6.07) is 1.89. The molecular formula is C22H20F3N7O. The number of aromatic nitrogens is 6. The number of nitrogens with one attached hydrogen (secondary N) is 1. The van der Waals surface area contributed by atoms with E-state index in [1.807, 2.05) is 6.20 Å². The molecule has 1 saturated carbocycles. The van der Waals surface area contributed by atoms with Crippen molar-refractivity contribution in [3.8, 4) is 22.3 Å². The molecule has 0 saturated heterocycles. The first-order valence-corrected chi connectivity index (χ1v) is 10.8. The third-order valence-electron chi connectivity index (χ3n) is 6.16. The number of aryl methyl sites for hydroxylation is 2. The van der Waals surface area contributed by atoms with E-state index in [-0.39, 0.29) is 30.5 Å². The molecule has 33 heavy (non-hydrogen) atoms. The maximum absolute atomic E-state index is 13.8. The molecule has 0 atom stereocenters. The van der Waals surface area contributed by atoms with Gasteiger partial charge in [-0.2, -0.15) is 23.4 Å². The first-order valence-electron chi connectivity index (χ1n) is 10.8. The van der Waals surface area contributed by atoms with Gasteiger partial charge in [-0.25, -0.2) is 4.98 Å². The molecule has 1 amide bonds. The van der Waals surface area contributed by atoms with E-state index in [0.29, 0.717) is 34.4 Å². The lowest BCUT2D eigenvalue weighted by Crippen LogP contribution is -2.34. The highest BCUT2D eigenvalue weighted by atomic mass is 19.4. The van der Waals surface area contributed by atoms with Crippen LogP contribution >= 0.6 is 0 Å². The number of hydrogen-bond donors (Lipinski definition) is 1. The molecule has 11 heteroatoms. The Hall–Kier alpha value is -3.63. The number of carbonyl (C=O) groups is 1. The van der Waals surface area contributed by atoms with Gasteiger partial charge >= 0.3 is 6.18 Å². The molecule has 0 spiro atoms. The Morgan fingerprint density at radius 2 is 1.94 bits per heavy atom. The largest absolute Gasteiger partial charge is 0.435 e. The number of nitrogens with zero attached hydrogens (tertiary/aromatic N) is 6. The Morgan fingerprint density at radius 1 is 1.12 bits per heavy atom. The second-order valence-corrected chi connectivity index (χ2v) is 8.61. The Labute approximate surface area is 186 Å². The van der Waals surface area contributed by atoms with E-state index in [4.69, 9.17) is 0 Å². The van der Waals surface area contributed by atoms with Crippen molar-refractivity contribution in [3.05, 3.63) is 36.5 Å². The molecule has 2 aliphatic rings. The fourth-order valence-corrected chi connectivity index (χ4v) is 4.51. The zero-order valence-corrected chi connectivity index (χ0v) is 17.7. The van der Waals surface area contributed by atoms with Gasteiger partial charge in [-0.3, -0.25) is 19.1 Å². The second kappa shape index (κ2) is 6.93. The first kappa shape index (κ1) is 20.0. The number of amides is 1. The standard InChI is InChI=1S/C22H20F3N7O/c1-30-10-16-12-7-14-15(9-27-20(14)26-8-12)17-11-31(28-19(17)22(23,24)25)6-2-3-18(33)32(13-4-5-13)21(16)29-30/h7-11,13H,2-6H2,1H3,(H,26,27). The lowest BCUT2D eigenvalue weighted by molar-refractivity contribution is -0.141. The van der Waals surface area contributed by atoms with Crippen LogP contribution in [0.2, 0.25) is 0 Å². The molecule has 0 unspecified atom stereocenters. The van der Waals surface area contributed by atoms with Gasteiger partial charge in [-0.1, -0.05) is 0 Å². The van der Waals surface area contributed by atoms with E-state index in [1.54, 1.807) is 28.9 Å². The number of alkyl halides is 3. The molecular weight excluding hydrogens is 435 g/mol. The van der Waals surface area contributed by atoms with Crippen molar-refractivity contribution in [1.82, 2.24) is 29.5 Å². The number of halogens is 3. The molecule has 6 rings (SSSR count). The number of carbonyl (C=O) groups excluding carboxylic acids is 1. The zero-order valence-electron chi connectivity index (χ0n) is 17.7. The average Bonchev–Trinajstić information content (AvgIpc) is 3.17. The van der Waals surface area contributed by atoms with Crippen molar-refractivity contribution in [3.63, 3.8) is 0 Å². The smallest absolute Gasteiger partial charge is 0.346 e. The van der Waals surface area contributed by atoms with Crippen LogP contribution in [-0.2, 0) is 24.6 Å². The minimum absolute atomic E-state index is 0.0119. The average molecular weight is 455 g/mol. The molecule has 1 aliphatic carbocycles. The molecule has 4 aromatic heterocycles. The number of H-pyrrole nitrogens is 1. The maximum Gasteiger partial charge on any atom is 0.435 e. The van der Waals surface area contributed by atoms with E-state index in [2.05, 4.69) is 20.2 Å². The van der Waals surface area contributed by atoms with Crippen molar-refractivity contribution < 1.29 is 18.0 Å². The van der Waals surface area contributed by atoms with Gasteiger partial charge in [0, 0.05) is 78.5 Å². The molecule has 1 aliphatic heterocycles. The SMILES string of the molecule is Cn1cc2c(n1)N(C1CC1)C(=O)CCCn1cc(c(C(F)(F)F)n1)-c1c[nH]c3ncc-2cc13. The third kappa shape index (κ3) is 3.30. The Morgan fingerprint density at radius 3 is 2.70 bits per heavy atom. The van der Waals surface area contributed by atoms with Gasteiger partial charge in [-0.05, 0) is 25.3 Å². The molecule has 0 aromatic carbocycles. The normalized spacial score (nSPS) is 17.0. The van der Waals surface area contributed by atoms with Crippen LogP contribution < -0.4 is 4.90 Å². The summed E-state index contributed by atoms with van der Waals surface area (Å²) in [4.78, 5) is 22.4. The summed E-state index contributed by atoms with van der Waals surface area (Å²) in [5.41, 5.74) is 1.31. The van der Waals surface area contributed by atoms with E-state index < -0.39 is 11.9 Å². The monoisotopic (exact) mass is 455 g/mol. The minimum Gasteiger partial charge on any atom is -0.346 e. The summed E-state index contributed by atoms with van der Waals surface area (Å²) in [6.07, 6.45) is 4.16. The predicted molar refractivity (Wildman–Crippen MR) is 114 cm³/mol. The predicted octanol–water partition coefficient (Wildman–Crippen LogP) is 4.13. The summed E-state index contributed by atoms with van der Waals surface area (Å²) in [5, 5.41) is 8.96. The molecule has 4 aromatic rings. The Balaban J connectivity index is 1.60. The highest BCUT2D eigenvalue weighted by Gasteiger charge is 2.39. The van der Waals surface area contributed by atoms with Crippen LogP contribution in [0.15, 0.2) is 30.9 Å². The number of hydrogen-bond acceptors (Lipinski definition) is 4. The van der Waals surface area contributed by atoms with Gasteiger partial charge in [0.05, 0.1) is 0 Å². The van der Waals surface area contributed by atoms with E-state index in [9.17, 15) is 18.0 Å². The minimum atomic E-state index is -4.61. The summed E-state index contributed by atoms with van der Waals surface area (Å²) < 4.78 is 44.4. The highest BCUT2D eigenvalue weighted by molar-refractivity contribution is 6.00. The van der Waals surface area contributed by atoms with Crippen LogP contribution in [0.25, 0.3) is 33.3 Å². The topological polar surface area (TPSA) is 84.6 Å². The Bertz CT molecular complexity index is 1390. The fraction of sp³-hybridized carbons (Fsp3) is 0.364. The molecule has 1 fully saturated rings. The molecule has 0 radical (unpaired) electrons. The number of pyridine rings is 1. The van der Waals surface area contributed by atoms with Crippen LogP contribution in [0, 0.1) is 0 Å². The third-order valence-corrected chi connectivity index (χ3v) is 6.16. The Kier molecular flexibility index (Phi) is 4.20. The lowest BCUT2D eigenvalue weighted by Gasteiger charge is -2.21. The van der Waals surface area contributed by atoms with E-state index in [0.717, 1.165) is 18.4 Å². The van der Waals surface area contributed by atoms with Crippen LogP contribution in [0.1, 0.15) is 31.4 Å². The van der Waals surface area contributed by atoms with Crippen molar-refractivity contribution in [2.24, 2.45) is 7.05 Å². The summed E-state index contributed by atoms with van der Waals surface area (Å²) >= 11 is 0. The molecule has 1 N–H and O–H groups in total. The summed E-state index contributed by atoms with van der Waals surface area (Å²) in [5.74, 6) is 0.476. The van der Waals surface area contributed by atoms with Crippen LogP contribution in [0.4, 0.5) is 19.0 Å². The van der Waals surface area contributed by atoms with Crippen molar-refractivity contribution >= 4 is 22.8 Å². The highest BCUT2D eigenvalue weighted by Crippen LogP contribution is 2.41. The zero-order chi connectivity index (χ0) is 22.9. The summed E-state index contributed by atoms with van der Waals surface area (Å²) in [7, 11) is 1.79. The van der Waals surface area contributed by atoms with Crippen molar-refractivity contribution in [2.45, 2.75) is 44.4 Å². The van der Waals surface area contributed by atoms with Crippen LogP contribution in [-0.4, -0.2) is 41.5 Å². The maximum atomic E-state index is 13.8. The van der Waals surface area contributed by atoms with E-state index >= 15 is 0 Å². The van der Waals surface area contributed by atoms with Gasteiger partial charge in [0.25, 0.3) is 0 Å². The molecule has 8 nitrogen and oxygen atoms in total. The van der Waals surface area contributed by atoms with Crippen LogP contribution in [0.5, 0.6) is 0 Å². The summed E-state index contributed by atoms with van der Waals surface area (Å²) in [6.45, 7) is 0.203. The first-order chi connectivity index (χ1) is 15.8. The molecule has 170 valence electrons. The van der Waals surface area contributed by atoms with Gasteiger partial charge in [0.1, 0.15) is 5.65 Å². The number of aromatic amines is 1. The molecule has 5 heterocycles. The quantitative estimate of drug-likeness (QED) is 0.468. The van der Waals surface area contributed by atoms with Crippen LogP contribution in [0.3, 0.4) is 0 Å².